The molecule has 0 amide bonds. The minimum absolute atomic E-state index is 0.128. The fourth-order valence-electron chi connectivity index (χ4n) is 3.58. The molecule has 1 aromatic carbocycles. The second kappa shape index (κ2) is 7.19. The van der Waals surface area contributed by atoms with Crippen molar-refractivity contribution in [2.75, 3.05) is 37.0 Å². The zero-order chi connectivity index (χ0) is 18.9. The van der Waals surface area contributed by atoms with Gasteiger partial charge in [-0.25, -0.2) is 0 Å². The van der Waals surface area contributed by atoms with Gasteiger partial charge in [-0.15, -0.1) is 0 Å². The molecular formula is C20H30N4O2. The van der Waals surface area contributed by atoms with Crippen LogP contribution in [0.2, 0.25) is 0 Å². The first-order valence-corrected chi connectivity index (χ1v) is 9.13. The first kappa shape index (κ1) is 18.6. The van der Waals surface area contributed by atoms with Crippen molar-refractivity contribution in [2.24, 2.45) is 7.05 Å². The lowest BCUT2D eigenvalue weighted by Crippen LogP contribution is -2.48. The summed E-state index contributed by atoms with van der Waals surface area (Å²) in [6.45, 7) is 10.9. The van der Waals surface area contributed by atoms with Crippen LogP contribution in [-0.2, 0) is 11.8 Å². The summed E-state index contributed by atoms with van der Waals surface area (Å²) in [6, 6.07) is 8.58. The van der Waals surface area contributed by atoms with E-state index in [0.717, 1.165) is 48.2 Å². The molecule has 1 aliphatic rings. The largest absolute Gasteiger partial charge is 0.495 e. The SMILES string of the molecule is COc1cc(N2CCOC(C)(C)C2)ccc1NC(C)c1cc(C)nn1C. The number of aromatic nitrogens is 2. The molecule has 0 bridgehead atoms. The Labute approximate surface area is 156 Å². The highest BCUT2D eigenvalue weighted by Gasteiger charge is 2.27. The lowest BCUT2D eigenvalue weighted by atomic mass is 10.1. The summed E-state index contributed by atoms with van der Waals surface area (Å²) in [7, 11) is 3.69. The number of nitrogens with zero attached hydrogens (tertiary/aromatic N) is 3. The average Bonchev–Trinajstić information content (AvgIpc) is 2.92. The molecule has 6 nitrogen and oxygen atoms in total. The number of rotatable bonds is 5. The molecule has 0 aliphatic carbocycles. The van der Waals surface area contributed by atoms with Gasteiger partial charge in [0.15, 0.2) is 0 Å². The minimum Gasteiger partial charge on any atom is -0.495 e. The zero-order valence-corrected chi connectivity index (χ0v) is 16.7. The van der Waals surface area contributed by atoms with Gasteiger partial charge in [0.2, 0.25) is 0 Å². The summed E-state index contributed by atoms with van der Waals surface area (Å²) in [5, 5.41) is 7.98. The molecule has 1 aliphatic heterocycles. The molecule has 0 spiro atoms. The van der Waals surface area contributed by atoms with Crippen molar-refractivity contribution in [3.05, 3.63) is 35.7 Å². The van der Waals surface area contributed by atoms with Gasteiger partial charge in [0.05, 0.1) is 42.4 Å². The van der Waals surface area contributed by atoms with E-state index in [0.29, 0.717) is 0 Å². The molecule has 26 heavy (non-hydrogen) atoms. The smallest absolute Gasteiger partial charge is 0.144 e. The van der Waals surface area contributed by atoms with Gasteiger partial charge >= 0.3 is 0 Å². The lowest BCUT2D eigenvalue weighted by Gasteiger charge is -2.39. The Morgan fingerprint density at radius 2 is 2.08 bits per heavy atom. The average molecular weight is 358 g/mol. The van der Waals surface area contributed by atoms with E-state index < -0.39 is 0 Å². The number of methoxy groups -OCH3 is 1. The van der Waals surface area contributed by atoms with Crippen LogP contribution in [0.25, 0.3) is 0 Å². The van der Waals surface area contributed by atoms with E-state index in [9.17, 15) is 0 Å². The molecule has 0 saturated carbocycles. The first-order valence-electron chi connectivity index (χ1n) is 9.13. The normalized spacial score (nSPS) is 17.8. The molecule has 1 unspecified atom stereocenters. The molecule has 1 aromatic heterocycles. The Morgan fingerprint density at radius 3 is 2.69 bits per heavy atom. The second-order valence-corrected chi connectivity index (χ2v) is 7.61. The van der Waals surface area contributed by atoms with Crippen molar-refractivity contribution in [3.8, 4) is 5.75 Å². The van der Waals surface area contributed by atoms with Crippen molar-refractivity contribution >= 4 is 11.4 Å². The van der Waals surface area contributed by atoms with Gasteiger partial charge < -0.3 is 19.7 Å². The summed E-state index contributed by atoms with van der Waals surface area (Å²) in [6.07, 6.45) is 0. The number of anilines is 2. The molecule has 2 aromatic rings. The minimum atomic E-state index is -0.131. The van der Waals surface area contributed by atoms with Crippen molar-refractivity contribution in [1.29, 1.82) is 0 Å². The monoisotopic (exact) mass is 358 g/mol. The van der Waals surface area contributed by atoms with Gasteiger partial charge in [0.25, 0.3) is 0 Å². The van der Waals surface area contributed by atoms with Gasteiger partial charge in [-0.1, -0.05) is 0 Å². The van der Waals surface area contributed by atoms with Gasteiger partial charge in [0.1, 0.15) is 5.75 Å². The van der Waals surface area contributed by atoms with Gasteiger partial charge in [-0.2, -0.15) is 5.10 Å². The standard InChI is InChI=1S/C20H30N4O2/c1-14-11-18(23(5)22-14)15(2)21-17-8-7-16(12-19(17)25-6)24-9-10-26-20(3,4)13-24/h7-8,11-12,15,21H,9-10,13H2,1-6H3. The van der Waals surface area contributed by atoms with E-state index in [2.05, 4.69) is 60.4 Å². The number of hydrogen-bond donors (Lipinski definition) is 1. The Hall–Kier alpha value is -2.21. The van der Waals surface area contributed by atoms with E-state index in [-0.39, 0.29) is 11.6 Å². The Bertz CT molecular complexity index is 769. The predicted molar refractivity (Wildman–Crippen MR) is 105 cm³/mol. The molecule has 6 heteroatoms. The zero-order valence-electron chi connectivity index (χ0n) is 16.7. The third-order valence-corrected chi connectivity index (χ3v) is 4.83. The van der Waals surface area contributed by atoms with Crippen LogP contribution in [0, 0.1) is 6.92 Å². The number of ether oxygens (including phenoxy) is 2. The fourth-order valence-corrected chi connectivity index (χ4v) is 3.58. The molecule has 3 rings (SSSR count). The number of aryl methyl sites for hydroxylation is 2. The highest BCUT2D eigenvalue weighted by Crippen LogP contribution is 2.33. The van der Waals surface area contributed by atoms with Gasteiger partial charge in [0, 0.05) is 31.9 Å². The van der Waals surface area contributed by atoms with Crippen LogP contribution in [0.5, 0.6) is 5.75 Å². The number of hydrogen-bond acceptors (Lipinski definition) is 5. The van der Waals surface area contributed by atoms with Gasteiger partial charge in [-0.05, 0) is 45.9 Å². The Kier molecular flexibility index (Phi) is 5.14. The Balaban J connectivity index is 1.79. The van der Waals surface area contributed by atoms with E-state index >= 15 is 0 Å². The molecule has 1 N–H and O–H groups in total. The first-order chi connectivity index (χ1) is 12.3. The molecule has 1 fully saturated rings. The second-order valence-electron chi connectivity index (χ2n) is 7.61. The van der Waals surface area contributed by atoms with Crippen molar-refractivity contribution in [2.45, 2.75) is 39.3 Å². The summed E-state index contributed by atoms with van der Waals surface area (Å²) in [5.74, 6) is 0.845. The van der Waals surface area contributed by atoms with E-state index in [4.69, 9.17) is 9.47 Å². The maximum absolute atomic E-state index is 5.82. The van der Waals surface area contributed by atoms with Crippen LogP contribution >= 0.6 is 0 Å². The van der Waals surface area contributed by atoms with Crippen LogP contribution in [0.4, 0.5) is 11.4 Å². The van der Waals surface area contributed by atoms with Crippen LogP contribution in [0.3, 0.4) is 0 Å². The third kappa shape index (κ3) is 3.96. The number of nitrogens with one attached hydrogen (secondary N) is 1. The van der Waals surface area contributed by atoms with Crippen molar-refractivity contribution < 1.29 is 9.47 Å². The highest BCUT2D eigenvalue weighted by molar-refractivity contribution is 5.65. The maximum atomic E-state index is 5.82. The van der Waals surface area contributed by atoms with E-state index in [1.807, 2.05) is 18.7 Å². The summed E-state index contributed by atoms with van der Waals surface area (Å²) < 4.78 is 13.4. The molecule has 1 atom stereocenters. The molecule has 0 radical (unpaired) electrons. The Morgan fingerprint density at radius 1 is 1.31 bits per heavy atom. The summed E-state index contributed by atoms with van der Waals surface area (Å²) in [5.41, 5.74) is 4.17. The molecule has 1 saturated heterocycles. The van der Waals surface area contributed by atoms with Crippen LogP contribution < -0.4 is 15.0 Å². The highest BCUT2D eigenvalue weighted by atomic mass is 16.5. The van der Waals surface area contributed by atoms with E-state index in [1.165, 1.54) is 0 Å². The van der Waals surface area contributed by atoms with Crippen LogP contribution in [0.15, 0.2) is 24.3 Å². The molecule has 2 heterocycles. The number of morpholine rings is 1. The molecule has 142 valence electrons. The van der Waals surface area contributed by atoms with Crippen molar-refractivity contribution in [3.63, 3.8) is 0 Å². The molecular weight excluding hydrogens is 328 g/mol. The third-order valence-electron chi connectivity index (χ3n) is 4.83. The predicted octanol–water partition coefficient (Wildman–Crippen LogP) is 3.53. The lowest BCUT2D eigenvalue weighted by molar-refractivity contribution is -0.0277. The summed E-state index contributed by atoms with van der Waals surface area (Å²) >= 11 is 0. The van der Waals surface area contributed by atoms with Crippen molar-refractivity contribution in [1.82, 2.24) is 9.78 Å². The quantitative estimate of drug-likeness (QED) is 0.886. The number of benzene rings is 1. The van der Waals surface area contributed by atoms with Crippen LogP contribution in [0.1, 0.15) is 38.2 Å². The fraction of sp³-hybridized carbons (Fsp3) is 0.550. The van der Waals surface area contributed by atoms with Gasteiger partial charge in [-0.3, -0.25) is 4.68 Å². The van der Waals surface area contributed by atoms with Crippen LogP contribution in [-0.4, -0.2) is 42.2 Å². The maximum Gasteiger partial charge on any atom is 0.144 e. The van der Waals surface area contributed by atoms with E-state index in [1.54, 1.807) is 7.11 Å². The topological polar surface area (TPSA) is 51.6 Å². The summed E-state index contributed by atoms with van der Waals surface area (Å²) in [4.78, 5) is 2.35.